The standard InChI is InChI=1S/C24H31N7OS/c1-6-9-30(4)16-7-8-17-19(11-16)33-24(27-17)22-20(14(2)3)21(28-29-22)15-10-18(32-5)23-25-13-26-31(23)12-15/h10,12-14,16H,6-9,11H2,1-5H3,(H,28,29). The van der Waals surface area contributed by atoms with E-state index in [2.05, 4.69) is 47.9 Å². The second kappa shape index (κ2) is 8.87. The predicted molar refractivity (Wildman–Crippen MR) is 131 cm³/mol. The van der Waals surface area contributed by atoms with Crippen LogP contribution >= 0.6 is 11.3 Å². The van der Waals surface area contributed by atoms with E-state index in [9.17, 15) is 0 Å². The molecule has 0 aliphatic heterocycles. The van der Waals surface area contributed by atoms with E-state index in [-0.39, 0.29) is 5.92 Å². The second-order valence-electron chi connectivity index (χ2n) is 9.11. The Hall–Kier alpha value is -2.78. The lowest BCUT2D eigenvalue weighted by Crippen LogP contribution is -2.36. The highest BCUT2D eigenvalue weighted by molar-refractivity contribution is 7.15. The summed E-state index contributed by atoms with van der Waals surface area (Å²) in [5, 5.41) is 13.4. The molecule has 1 aliphatic carbocycles. The Morgan fingerprint density at radius 1 is 1.36 bits per heavy atom. The van der Waals surface area contributed by atoms with Gasteiger partial charge in [0.05, 0.1) is 24.2 Å². The van der Waals surface area contributed by atoms with Crippen molar-refractivity contribution >= 4 is 17.0 Å². The van der Waals surface area contributed by atoms with Crippen LogP contribution in [0.25, 0.3) is 27.6 Å². The molecule has 0 saturated heterocycles. The van der Waals surface area contributed by atoms with E-state index in [0.717, 1.165) is 41.3 Å². The summed E-state index contributed by atoms with van der Waals surface area (Å²) in [6.45, 7) is 7.79. The number of pyridine rings is 1. The number of nitrogens with zero attached hydrogens (tertiary/aromatic N) is 6. The molecular formula is C24H31N7OS. The Morgan fingerprint density at radius 2 is 2.21 bits per heavy atom. The van der Waals surface area contributed by atoms with E-state index >= 15 is 0 Å². The van der Waals surface area contributed by atoms with Gasteiger partial charge in [-0.1, -0.05) is 20.8 Å². The number of ether oxygens (including phenoxy) is 1. The van der Waals surface area contributed by atoms with Gasteiger partial charge in [0.2, 0.25) is 0 Å². The van der Waals surface area contributed by atoms with Crippen LogP contribution in [0.4, 0.5) is 0 Å². The molecule has 5 rings (SSSR count). The third-order valence-electron chi connectivity index (χ3n) is 6.54. The van der Waals surface area contributed by atoms with Crippen LogP contribution in [0, 0.1) is 0 Å². The van der Waals surface area contributed by atoms with Gasteiger partial charge >= 0.3 is 0 Å². The van der Waals surface area contributed by atoms with Gasteiger partial charge in [0.25, 0.3) is 0 Å². The number of methoxy groups -OCH3 is 1. The summed E-state index contributed by atoms with van der Waals surface area (Å²) in [6, 6.07) is 2.59. The third-order valence-corrected chi connectivity index (χ3v) is 7.68. The first-order chi connectivity index (χ1) is 16.0. The summed E-state index contributed by atoms with van der Waals surface area (Å²) >= 11 is 1.82. The third kappa shape index (κ3) is 3.93. The molecule has 1 unspecified atom stereocenters. The molecule has 0 amide bonds. The van der Waals surface area contributed by atoms with Gasteiger partial charge in [-0.05, 0) is 51.3 Å². The summed E-state index contributed by atoms with van der Waals surface area (Å²) in [7, 11) is 3.90. The van der Waals surface area contributed by atoms with Gasteiger partial charge < -0.3 is 9.64 Å². The van der Waals surface area contributed by atoms with Gasteiger partial charge in [0.1, 0.15) is 11.3 Å². The van der Waals surface area contributed by atoms with Crippen LogP contribution in [0.1, 0.15) is 55.7 Å². The van der Waals surface area contributed by atoms with Gasteiger partial charge in [-0.25, -0.2) is 14.5 Å². The highest BCUT2D eigenvalue weighted by atomic mass is 32.1. The molecule has 4 aromatic heterocycles. The molecule has 33 heavy (non-hydrogen) atoms. The SMILES string of the molecule is CCCN(C)C1CCc2nc(-c3[nH]nc(-c4cc(OC)c5ncnn5c4)c3C(C)C)sc2C1. The fraction of sp³-hybridized carbons (Fsp3) is 0.500. The Labute approximate surface area is 198 Å². The maximum Gasteiger partial charge on any atom is 0.197 e. The van der Waals surface area contributed by atoms with Crippen molar-refractivity contribution in [3.8, 4) is 27.7 Å². The van der Waals surface area contributed by atoms with Crippen molar-refractivity contribution in [1.29, 1.82) is 0 Å². The van der Waals surface area contributed by atoms with Crippen LogP contribution < -0.4 is 4.74 Å². The topological polar surface area (TPSA) is 84.2 Å². The number of aromatic nitrogens is 6. The fourth-order valence-corrected chi connectivity index (χ4v) is 6.04. The molecule has 8 nitrogen and oxygen atoms in total. The zero-order chi connectivity index (χ0) is 23.1. The Balaban J connectivity index is 1.53. The van der Waals surface area contributed by atoms with Crippen LogP contribution in [0.5, 0.6) is 5.75 Å². The van der Waals surface area contributed by atoms with Crippen molar-refractivity contribution in [1.82, 2.24) is 34.7 Å². The van der Waals surface area contributed by atoms with Crippen LogP contribution in [-0.2, 0) is 12.8 Å². The number of aryl methyl sites for hydroxylation is 1. The Morgan fingerprint density at radius 3 is 2.97 bits per heavy atom. The summed E-state index contributed by atoms with van der Waals surface area (Å²) in [5.41, 5.74) is 5.99. The van der Waals surface area contributed by atoms with Gasteiger partial charge in [0.15, 0.2) is 11.4 Å². The van der Waals surface area contributed by atoms with Crippen LogP contribution in [-0.4, -0.2) is 61.4 Å². The zero-order valence-corrected chi connectivity index (χ0v) is 20.7. The van der Waals surface area contributed by atoms with E-state index in [1.54, 1.807) is 11.6 Å². The zero-order valence-electron chi connectivity index (χ0n) is 19.9. The maximum atomic E-state index is 5.57. The highest BCUT2D eigenvalue weighted by Gasteiger charge is 2.28. The molecule has 1 N–H and O–H groups in total. The number of likely N-dealkylation sites (N-methyl/N-ethyl adjacent to an activating group) is 1. The number of rotatable bonds is 7. The van der Waals surface area contributed by atoms with Gasteiger partial charge in [-0.3, -0.25) is 5.10 Å². The fourth-order valence-electron chi connectivity index (χ4n) is 4.85. The smallest absolute Gasteiger partial charge is 0.197 e. The van der Waals surface area contributed by atoms with Crippen LogP contribution in [0.3, 0.4) is 0 Å². The van der Waals surface area contributed by atoms with Crippen LogP contribution in [0.2, 0.25) is 0 Å². The van der Waals surface area contributed by atoms with Crippen molar-refractivity contribution in [2.24, 2.45) is 0 Å². The van der Waals surface area contributed by atoms with Crippen molar-refractivity contribution in [3.63, 3.8) is 0 Å². The number of aromatic amines is 1. The maximum absolute atomic E-state index is 5.57. The lowest BCUT2D eigenvalue weighted by molar-refractivity contribution is 0.223. The summed E-state index contributed by atoms with van der Waals surface area (Å²) < 4.78 is 7.30. The number of thiazole rings is 1. The summed E-state index contributed by atoms with van der Waals surface area (Å²) in [5.74, 6) is 0.951. The van der Waals surface area contributed by atoms with Crippen molar-refractivity contribution in [3.05, 3.63) is 34.7 Å². The lowest BCUT2D eigenvalue weighted by Gasteiger charge is -2.30. The highest BCUT2D eigenvalue weighted by Crippen LogP contribution is 2.40. The van der Waals surface area contributed by atoms with Gasteiger partial charge in [-0.2, -0.15) is 10.2 Å². The number of hydrogen-bond donors (Lipinski definition) is 1. The molecule has 0 bridgehead atoms. The Kier molecular flexibility index (Phi) is 5.92. The molecule has 4 aromatic rings. The number of hydrogen-bond acceptors (Lipinski definition) is 7. The quantitative estimate of drug-likeness (QED) is 0.430. The molecule has 4 heterocycles. The number of fused-ring (bicyclic) bond motifs is 2. The van der Waals surface area contributed by atoms with E-state index in [1.165, 1.54) is 35.3 Å². The monoisotopic (exact) mass is 465 g/mol. The molecule has 0 aromatic carbocycles. The molecule has 174 valence electrons. The molecule has 1 atom stereocenters. The van der Waals surface area contributed by atoms with E-state index < -0.39 is 0 Å². The predicted octanol–water partition coefficient (Wildman–Crippen LogP) is 4.57. The molecule has 9 heteroatoms. The summed E-state index contributed by atoms with van der Waals surface area (Å²) in [4.78, 5) is 13.3. The molecule has 0 radical (unpaired) electrons. The van der Waals surface area contributed by atoms with E-state index in [1.807, 2.05) is 23.6 Å². The minimum atomic E-state index is 0.274. The number of H-pyrrole nitrogens is 1. The average Bonchev–Trinajstić information content (AvgIpc) is 3.54. The van der Waals surface area contributed by atoms with Gasteiger partial charge in [-0.15, -0.1) is 11.3 Å². The minimum Gasteiger partial charge on any atom is -0.493 e. The lowest BCUT2D eigenvalue weighted by atomic mass is 9.96. The largest absolute Gasteiger partial charge is 0.493 e. The van der Waals surface area contributed by atoms with Gasteiger partial charge in [0, 0.05) is 28.2 Å². The van der Waals surface area contributed by atoms with Crippen LogP contribution in [0.15, 0.2) is 18.6 Å². The van der Waals surface area contributed by atoms with Crippen molar-refractivity contribution in [2.45, 2.75) is 58.4 Å². The van der Waals surface area contributed by atoms with E-state index in [0.29, 0.717) is 17.4 Å². The summed E-state index contributed by atoms with van der Waals surface area (Å²) in [6.07, 6.45) is 7.98. The first kappa shape index (κ1) is 22.0. The minimum absolute atomic E-state index is 0.274. The van der Waals surface area contributed by atoms with Crippen molar-refractivity contribution < 1.29 is 4.74 Å². The van der Waals surface area contributed by atoms with Crippen molar-refractivity contribution in [2.75, 3.05) is 20.7 Å². The number of nitrogens with one attached hydrogen (secondary N) is 1. The molecule has 1 aliphatic rings. The van der Waals surface area contributed by atoms with E-state index in [4.69, 9.17) is 14.8 Å². The molecule has 0 saturated carbocycles. The first-order valence-corrected chi connectivity index (χ1v) is 12.5. The second-order valence-corrected chi connectivity index (χ2v) is 10.2. The molecular weight excluding hydrogens is 434 g/mol. The molecule has 0 fully saturated rings. The normalized spacial score (nSPS) is 16.2. The molecule has 0 spiro atoms. The Bertz CT molecular complexity index is 1270. The first-order valence-electron chi connectivity index (χ1n) is 11.6. The average molecular weight is 466 g/mol.